The summed E-state index contributed by atoms with van der Waals surface area (Å²) in [6.07, 6.45) is -0.624. The summed E-state index contributed by atoms with van der Waals surface area (Å²) >= 11 is 0. The molecular formula is C16H17NO4. The summed E-state index contributed by atoms with van der Waals surface area (Å²) in [4.78, 5) is 14.0. The maximum Gasteiger partial charge on any atom is 0.267 e. The van der Waals surface area contributed by atoms with Crippen LogP contribution in [0.3, 0.4) is 0 Å². The number of hydrogen-bond donors (Lipinski definition) is 0. The van der Waals surface area contributed by atoms with E-state index in [1.165, 1.54) is 0 Å². The van der Waals surface area contributed by atoms with Crippen LogP contribution in [0.4, 0.5) is 0 Å². The molecule has 0 bridgehead atoms. The average molecular weight is 287 g/mol. The van der Waals surface area contributed by atoms with Gasteiger partial charge in [0.25, 0.3) is 5.91 Å². The lowest BCUT2D eigenvalue weighted by atomic mass is 10.2. The van der Waals surface area contributed by atoms with Crippen molar-refractivity contribution in [3.05, 3.63) is 47.9 Å². The molecule has 1 aliphatic rings. The van der Waals surface area contributed by atoms with Crippen molar-refractivity contribution in [3.63, 3.8) is 0 Å². The molecule has 5 nitrogen and oxygen atoms in total. The van der Waals surface area contributed by atoms with Gasteiger partial charge in [0.05, 0.1) is 6.54 Å². The lowest BCUT2D eigenvalue weighted by Gasteiger charge is -2.28. The van der Waals surface area contributed by atoms with E-state index in [4.69, 9.17) is 13.9 Å². The number of likely N-dealkylation sites (N-methyl/N-ethyl adjacent to an activating group) is 1. The molecule has 1 unspecified atom stereocenters. The number of carbonyl (C=O) groups is 1. The van der Waals surface area contributed by atoms with Gasteiger partial charge in [0.2, 0.25) is 6.10 Å². The van der Waals surface area contributed by atoms with Crippen LogP contribution < -0.4 is 9.47 Å². The topological polar surface area (TPSA) is 51.9 Å². The Morgan fingerprint density at radius 3 is 2.71 bits per heavy atom. The molecule has 0 saturated heterocycles. The predicted molar refractivity (Wildman–Crippen MR) is 76.3 cm³/mol. The van der Waals surface area contributed by atoms with Crippen molar-refractivity contribution in [2.24, 2.45) is 0 Å². The van der Waals surface area contributed by atoms with E-state index in [0.29, 0.717) is 18.0 Å². The zero-order valence-corrected chi connectivity index (χ0v) is 12.0. The molecule has 1 atom stereocenters. The van der Waals surface area contributed by atoms with Gasteiger partial charge in [0, 0.05) is 7.05 Å². The van der Waals surface area contributed by atoms with Gasteiger partial charge < -0.3 is 18.8 Å². The van der Waals surface area contributed by atoms with Gasteiger partial charge in [-0.3, -0.25) is 4.79 Å². The number of fused-ring (bicyclic) bond motifs is 1. The van der Waals surface area contributed by atoms with Crippen molar-refractivity contribution < 1.29 is 18.7 Å². The first kappa shape index (κ1) is 13.5. The number of ether oxygens (including phenoxy) is 2. The van der Waals surface area contributed by atoms with E-state index in [0.717, 1.165) is 11.5 Å². The van der Waals surface area contributed by atoms with Gasteiger partial charge >= 0.3 is 0 Å². The standard InChI is InChI=1S/C16H17NO4/c1-11-7-8-12(20-11)9-17(2)16(18)15-10-19-13-5-3-4-6-14(13)21-15/h3-8,15H,9-10H2,1-2H3. The highest BCUT2D eigenvalue weighted by atomic mass is 16.6. The monoisotopic (exact) mass is 287 g/mol. The minimum absolute atomic E-state index is 0.126. The molecule has 21 heavy (non-hydrogen) atoms. The van der Waals surface area contributed by atoms with Crippen molar-refractivity contribution in [3.8, 4) is 11.5 Å². The van der Waals surface area contributed by atoms with Gasteiger partial charge in [-0.25, -0.2) is 0 Å². The predicted octanol–water partition coefficient (Wildman–Crippen LogP) is 2.39. The quantitative estimate of drug-likeness (QED) is 0.869. The number of aryl methyl sites for hydroxylation is 1. The molecule has 1 aromatic carbocycles. The maximum absolute atomic E-state index is 12.4. The number of nitrogens with zero attached hydrogens (tertiary/aromatic N) is 1. The van der Waals surface area contributed by atoms with E-state index in [2.05, 4.69) is 0 Å². The van der Waals surface area contributed by atoms with E-state index in [9.17, 15) is 4.79 Å². The van der Waals surface area contributed by atoms with Crippen LogP contribution in [0.2, 0.25) is 0 Å². The molecule has 0 saturated carbocycles. The Hall–Kier alpha value is -2.43. The first-order chi connectivity index (χ1) is 10.1. The number of furan rings is 1. The Labute approximate surface area is 123 Å². The van der Waals surface area contributed by atoms with Crippen LogP contribution in [0, 0.1) is 6.92 Å². The van der Waals surface area contributed by atoms with Crippen LogP contribution in [-0.4, -0.2) is 30.6 Å². The van der Waals surface area contributed by atoms with Crippen LogP contribution in [0.1, 0.15) is 11.5 Å². The molecule has 0 N–H and O–H groups in total. The highest BCUT2D eigenvalue weighted by molar-refractivity contribution is 5.81. The van der Waals surface area contributed by atoms with Crippen LogP contribution in [0.5, 0.6) is 11.5 Å². The third kappa shape index (κ3) is 2.86. The number of hydrogen-bond acceptors (Lipinski definition) is 4. The molecule has 5 heteroatoms. The van der Waals surface area contributed by atoms with Crippen molar-refractivity contribution in [2.75, 3.05) is 13.7 Å². The van der Waals surface area contributed by atoms with E-state index in [1.807, 2.05) is 37.3 Å². The van der Waals surface area contributed by atoms with Crippen LogP contribution in [-0.2, 0) is 11.3 Å². The van der Waals surface area contributed by atoms with Crippen molar-refractivity contribution in [2.45, 2.75) is 19.6 Å². The third-order valence-electron chi connectivity index (χ3n) is 3.35. The van der Waals surface area contributed by atoms with Crippen molar-refractivity contribution in [1.29, 1.82) is 0 Å². The summed E-state index contributed by atoms with van der Waals surface area (Å²) in [5.41, 5.74) is 0. The molecule has 2 heterocycles. The fourth-order valence-corrected chi connectivity index (χ4v) is 2.27. The second-order valence-corrected chi connectivity index (χ2v) is 5.07. The Morgan fingerprint density at radius 1 is 1.24 bits per heavy atom. The van der Waals surface area contributed by atoms with Crippen molar-refractivity contribution in [1.82, 2.24) is 4.90 Å². The smallest absolute Gasteiger partial charge is 0.267 e. The van der Waals surface area contributed by atoms with E-state index >= 15 is 0 Å². The lowest BCUT2D eigenvalue weighted by molar-refractivity contribution is -0.140. The van der Waals surface area contributed by atoms with Gasteiger partial charge in [-0.15, -0.1) is 0 Å². The molecular weight excluding hydrogens is 270 g/mol. The first-order valence-corrected chi connectivity index (χ1v) is 6.82. The Balaban J connectivity index is 1.66. The molecule has 1 aromatic heterocycles. The maximum atomic E-state index is 12.4. The number of benzene rings is 1. The number of carbonyl (C=O) groups excluding carboxylic acids is 1. The van der Waals surface area contributed by atoms with E-state index < -0.39 is 6.10 Å². The zero-order chi connectivity index (χ0) is 14.8. The highest BCUT2D eigenvalue weighted by Crippen LogP contribution is 2.31. The molecule has 2 aromatic rings. The van der Waals surface area contributed by atoms with Gasteiger partial charge in [0.15, 0.2) is 11.5 Å². The van der Waals surface area contributed by atoms with E-state index in [1.54, 1.807) is 18.0 Å². The van der Waals surface area contributed by atoms with Crippen LogP contribution >= 0.6 is 0 Å². The minimum atomic E-state index is -0.624. The fourth-order valence-electron chi connectivity index (χ4n) is 2.27. The molecule has 3 rings (SSSR count). The molecule has 1 aliphatic heterocycles. The summed E-state index contributed by atoms with van der Waals surface area (Å²) in [6.45, 7) is 2.51. The highest BCUT2D eigenvalue weighted by Gasteiger charge is 2.29. The number of amides is 1. The second kappa shape index (κ2) is 5.52. The summed E-state index contributed by atoms with van der Waals surface area (Å²) in [6, 6.07) is 11.1. The van der Waals surface area contributed by atoms with Crippen LogP contribution in [0.15, 0.2) is 40.8 Å². The molecule has 0 spiro atoms. The number of para-hydroxylation sites is 2. The van der Waals surface area contributed by atoms with Gasteiger partial charge in [-0.2, -0.15) is 0 Å². The molecule has 0 fully saturated rings. The lowest BCUT2D eigenvalue weighted by Crippen LogP contribution is -2.44. The summed E-state index contributed by atoms with van der Waals surface area (Å²) < 4.78 is 16.8. The molecule has 0 radical (unpaired) electrons. The summed E-state index contributed by atoms with van der Waals surface area (Å²) in [5.74, 6) is 2.73. The first-order valence-electron chi connectivity index (χ1n) is 6.82. The average Bonchev–Trinajstić information content (AvgIpc) is 2.91. The van der Waals surface area contributed by atoms with Gasteiger partial charge in [-0.05, 0) is 31.2 Å². The van der Waals surface area contributed by atoms with Crippen LogP contribution in [0.25, 0.3) is 0 Å². The van der Waals surface area contributed by atoms with Gasteiger partial charge in [-0.1, -0.05) is 12.1 Å². The number of rotatable bonds is 3. The molecule has 0 aliphatic carbocycles. The Kier molecular flexibility index (Phi) is 3.56. The Morgan fingerprint density at radius 2 is 2.00 bits per heavy atom. The minimum Gasteiger partial charge on any atom is -0.485 e. The summed E-state index contributed by atoms with van der Waals surface area (Å²) in [5, 5.41) is 0. The second-order valence-electron chi connectivity index (χ2n) is 5.07. The molecule has 110 valence electrons. The van der Waals surface area contributed by atoms with E-state index in [-0.39, 0.29) is 12.5 Å². The van der Waals surface area contributed by atoms with Gasteiger partial charge in [0.1, 0.15) is 18.1 Å². The summed E-state index contributed by atoms with van der Waals surface area (Å²) in [7, 11) is 1.73. The SMILES string of the molecule is Cc1ccc(CN(C)C(=O)C2COc3ccccc3O2)o1. The third-order valence-corrected chi connectivity index (χ3v) is 3.35. The Bertz CT molecular complexity index is 649. The largest absolute Gasteiger partial charge is 0.485 e. The van der Waals surface area contributed by atoms with Crippen molar-refractivity contribution >= 4 is 5.91 Å². The zero-order valence-electron chi connectivity index (χ0n) is 12.0. The molecule has 1 amide bonds. The fraction of sp³-hybridized carbons (Fsp3) is 0.312. The normalized spacial score (nSPS) is 16.6.